The van der Waals surface area contributed by atoms with Crippen LogP contribution in [0, 0.1) is 0 Å². The third-order valence-electron chi connectivity index (χ3n) is 13.3. The summed E-state index contributed by atoms with van der Waals surface area (Å²) in [5.41, 5.74) is 17.1. The van der Waals surface area contributed by atoms with E-state index in [4.69, 9.17) is 4.74 Å². The molecule has 4 aliphatic rings. The fourth-order valence-corrected chi connectivity index (χ4v) is 10.6. The number of benzene rings is 8. The molecule has 0 radical (unpaired) electrons. The van der Waals surface area contributed by atoms with E-state index in [1.807, 2.05) is 0 Å². The van der Waals surface area contributed by atoms with Crippen molar-refractivity contribution < 1.29 is 4.74 Å². The van der Waals surface area contributed by atoms with Crippen LogP contribution >= 0.6 is 0 Å². The fourth-order valence-electron chi connectivity index (χ4n) is 10.6. The molecule has 2 aliphatic heterocycles. The number of nitrogens with zero attached hydrogens (tertiary/aromatic N) is 3. The van der Waals surface area contributed by atoms with Crippen molar-refractivity contribution in [2.75, 3.05) is 9.80 Å². The standard InChI is InChI=1S/C58H41N3O/c1-3-15-41(16-4-1)60-52-22-9-7-19-46(52)51-36-44(31-34-53(51)60)59(45-30-33-49-48-20-8-10-24-56(48)62-57(49)37-45)43-28-25-38(26-29-43)40-27-32-47-50-21-11-13-39-14-12-23-54(58(39)50)61(55(47)35-40)42-17-5-2-6-18-42/h1-28,30-36,43,57H,29,37H2. The summed E-state index contributed by atoms with van der Waals surface area (Å²) in [6.45, 7) is 0. The Morgan fingerprint density at radius 1 is 0.565 bits per heavy atom. The van der Waals surface area contributed by atoms with Gasteiger partial charge in [-0.3, -0.25) is 0 Å². The van der Waals surface area contributed by atoms with Crippen LogP contribution in [-0.4, -0.2) is 16.7 Å². The number of allylic oxidation sites excluding steroid dienone is 4. The van der Waals surface area contributed by atoms with Crippen molar-refractivity contribution in [2.24, 2.45) is 0 Å². The molecule has 2 unspecified atom stereocenters. The Morgan fingerprint density at radius 2 is 1.32 bits per heavy atom. The number of rotatable bonds is 6. The van der Waals surface area contributed by atoms with Gasteiger partial charge in [-0.25, -0.2) is 0 Å². The molecule has 0 spiro atoms. The Kier molecular flexibility index (Phi) is 7.83. The average Bonchev–Trinajstić information content (AvgIpc) is 3.88. The quantitative estimate of drug-likeness (QED) is 0.167. The van der Waals surface area contributed by atoms with Gasteiger partial charge in [0.15, 0.2) is 0 Å². The van der Waals surface area contributed by atoms with Crippen LogP contribution in [0.15, 0.2) is 218 Å². The van der Waals surface area contributed by atoms with Crippen LogP contribution in [0.4, 0.5) is 22.7 Å². The van der Waals surface area contributed by atoms with Gasteiger partial charge in [-0.2, -0.15) is 0 Å². The van der Waals surface area contributed by atoms with Crippen LogP contribution < -0.4 is 14.5 Å². The molecule has 0 amide bonds. The van der Waals surface area contributed by atoms with E-state index in [1.54, 1.807) is 0 Å². The monoisotopic (exact) mass is 795 g/mol. The lowest BCUT2D eigenvalue weighted by molar-refractivity contribution is 0.273. The van der Waals surface area contributed by atoms with Gasteiger partial charge in [-0.1, -0.05) is 140 Å². The molecule has 0 N–H and O–H groups in total. The second-order valence-electron chi connectivity index (χ2n) is 16.8. The van der Waals surface area contributed by atoms with Gasteiger partial charge in [0.25, 0.3) is 0 Å². The largest absolute Gasteiger partial charge is 0.485 e. The lowest BCUT2D eigenvalue weighted by atomic mass is 9.88. The zero-order valence-electron chi connectivity index (χ0n) is 34.0. The topological polar surface area (TPSA) is 20.6 Å². The third-order valence-corrected chi connectivity index (χ3v) is 13.3. The van der Waals surface area contributed by atoms with Crippen molar-refractivity contribution >= 4 is 66.5 Å². The molecule has 0 saturated heterocycles. The molecule has 1 aromatic heterocycles. The molecular weight excluding hydrogens is 755 g/mol. The zero-order valence-corrected chi connectivity index (χ0v) is 34.0. The highest BCUT2D eigenvalue weighted by Gasteiger charge is 2.34. The Hall–Kier alpha value is -7.82. The van der Waals surface area contributed by atoms with Gasteiger partial charge in [-0.05, 0) is 101 Å². The van der Waals surface area contributed by atoms with Crippen molar-refractivity contribution in [1.29, 1.82) is 0 Å². The summed E-state index contributed by atoms with van der Waals surface area (Å²) in [4.78, 5) is 5.01. The first-order chi connectivity index (χ1) is 30.7. The van der Waals surface area contributed by atoms with E-state index in [-0.39, 0.29) is 12.1 Å². The Balaban J connectivity index is 0.905. The molecule has 62 heavy (non-hydrogen) atoms. The van der Waals surface area contributed by atoms with E-state index in [2.05, 4.69) is 227 Å². The zero-order chi connectivity index (χ0) is 40.7. The SMILES string of the molecule is C1=CC(N(C2=CC=C3c4ccccc4OC3C2)c2ccc3c(c2)c2ccccc2n3-c2ccccc2)CC=C1c1ccc2c(c1)N(c1ccccc1)c1cccc3cccc-2c13. The minimum absolute atomic E-state index is 0.0173. The summed E-state index contributed by atoms with van der Waals surface area (Å²) in [6.07, 6.45) is 13.5. The third kappa shape index (κ3) is 5.39. The highest BCUT2D eigenvalue weighted by Crippen LogP contribution is 2.52. The number of hydrogen-bond donors (Lipinski definition) is 0. The maximum Gasteiger partial charge on any atom is 0.130 e. The molecule has 8 aromatic carbocycles. The number of hydrogen-bond acceptors (Lipinski definition) is 3. The van der Waals surface area contributed by atoms with Crippen LogP contribution in [0.1, 0.15) is 24.0 Å². The molecule has 4 nitrogen and oxygen atoms in total. The van der Waals surface area contributed by atoms with Gasteiger partial charge in [0.2, 0.25) is 0 Å². The summed E-state index contributed by atoms with van der Waals surface area (Å²) < 4.78 is 9.01. The van der Waals surface area contributed by atoms with E-state index >= 15 is 0 Å². The molecule has 9 aromatic rings. The van der Waals surface area contributed by atoms with E-state index in [9.17, 15) is 0 Å². The van der Waals surface area contributed by atoms with Crippen molar-refractivity contribution in [1.82, 2.24) is 4.57 Å². The summed E-state index contributed by atoms with van der Waals surface area (Å²) in [5, 5.41) is 5.05. The number of para-hydroxylation sites is 4. The first-order valence-corrected chi connectivity index (χ1v) is 21.7. The van der Waals surface area contributed by atoms with Gasteiger partial charge in [0, 0.05) is 62.0 Å². The molecule has 0 saturated carbocycles. The van der Waals surface area contributed by atoms with Crippen molar-refractivity contribution in [3.8, 4) is 22.6 Å². The van der Waals surface area contributed by atoms with Gasteiger partial charge in [0.1, 0.15) is 11.9 Å². The molecule has 2 atom stereocenters. The maximum absolute atomic E-state index is 6.62. The predicted octanol–water partition coefficient (Wildman–Crippen LogP) is 14.7. The first kappa shape index (κ1) is 35.0. The Bertz CT molecular complexity index is 3400. The van der Waals surface area contributed by atoms with E-state index in [0.717, 1.165) is 30.0 Å². The molecule has 0 fully saturated rings. The summed E-state index contributed by atoms with van der Waals surface area (Å²) in [6, 6.07) is 66.3. The number of fused-ring (bicyclic) bond motifs is 8. The number of aromatic nitrogens is 1. The summed E-state index contributed by atoms with van der Waals surface area (Å²) in [5.74, 6) is 0.973. The van der Waals surface area contributed by atoms with Crippen molar-refractivity contribution in [3.63, 3.8) is 0 Å². The molecule has 4 heteroatoms. The van der Waals surface area contributed by atoms with Crippen LogP contribution in [0.25, 0.3) is 60.5 Å². The van der Waals surface area contributed by atoms with E-state index in [1.165, 1.54) is 88.7 Å². The van der Waals surface area contributed by atoms with Crippen molar-refractivity contribution in [2.45, 2.75) is 25.0 Å². The highest BCUT2D eigenvalue weighted by atomic mass is 16.5. The van der Waals surface area contributed by atoms with Crippen LogP contribution in [0.3, 0.4) is 0 Å². The first-order valence-electron chi connectivity index (χ1n) is 21.7. The lowest BCUT2D eigenvalue weighted by Gasteiger charge is -2.37. The lowest BCUT2D eigenvalue weighted by Crippen LogP contribution is -2.36. The van der Waals surface area contributed by atoms with Gasteiger partial charge in [-0.15, -0.1) is 0 Å². The molecule has 2 aliphatic carbocycles. The minimum atomic E-state index is -0.0173. The molecule has 13 rings (SSSR count). The molecule has 3 heterocycles. The smallest absolute Gasteiger partial charge is 0.130 e. The molecular formula is C58H41N3O. The van der Waals surface area contributed by atoms with Gasteiger partial charge < -0.3 is 19.1 Å². The number of ether oxygens (including phenoxy) is 1. The summed E-state index contributed by atoms with van der Waals surface area (Å²) >= 11 is 0. The van der Waals surface area contributed by atoms with Gasteiger partial charge >= 0.3 is 0 Å². The van der Waals surface area contributed by atoms with Crippen molar-refractivity contribution in [3.05, 3.63) is 229 Å². The van der Waals surface area contributed by atoms with Crippen LogP contribution in [0.5, 0.6) is 5.75 Å². The summed E-state index contributed by atoms with van der Waals surface area (Å²) in [7, 11) is 0. The maximum atomic E-state index is 6.62. The Labute approximate surface area is 360 Å². The predicted molar refractivity (Wildman–Crippen MR) is 258 cm³/mol. The second kappa shape index (κ2) is 13.9. The normalized spacial score (nSPS) is 17.2. The van der Waals surface area contributed by atoms with E-state index < -0.39 is 0 Å². The number of anilines is 4. The minimum Gasteiger partial charge on any atom is -0.485 e. The molecule has 294 valence electrons. The fraction of sp³-hybridized carbons (Fsp3) is 0.0690. The van der Waals surface area contributed by atoms with Gasteiger partial charge in [0.05, 0.1) is 28.5 Å². The van der Waals surface area contributed by atoms with Crippen LogP contribution in [0.2, 0.25) is 0 Å². The highest BCUT2D eigenvalue weighted by molar-refractivity contribution is 6.14. The van der Waals surface area contributed by atoms with E-state index in [0.29, 0.717) is 0 Å². The Morgan fingerprint density at radius 3 is 2.18 bits per heavy atom. The second-order valence-corrected chi connectivity index (χ2v) is 16.8. The average molecular weight is 796 g/mol. The van der Waals surface area contributed by atoms with Crippen LogP contribution in [-0.2, 0) is 0 Å². The molecule has 0 bridgehead atoms.